The number of carboxylic acids is 1. The lowest BCUT2D eigenvalue weighted by molar-refractivity contribution is -0.187. The summed E-state index contributed by atoms with van der Waals surface area (Å²) in [5, 5.41) is 9.08. The van der Waals surface area contributed by atoms with Gasteiger partial charge in [0.15, 0.2) is 11.5 Å². The molecule has 1 aromatic carbocycles. The summed E-state index contributed by atoms with van der Waals surface area (Å²) in [5.41, 5.74) is 0.0104. The molecule has 0 aromatic heterocycles. The van der Waals surface area contributed by atoms with Crippen LogP contribution in [0.15, 0.2) is 12.1 Å². The number of carboxylic acid groups (broad SMARTS) is 1. The fraction of sp³-hybridized carbons (Fsp3) is 0.429. The monoisotopic (exact) mass is 365 g/mol. The van der Waals surface area contributed by atoms with Gasteiger partial charge >= 0.3 is 12.1 Å². The van der Waals surface area contributed by atoms with Gasteiger partial charge in [0.1, 0.15) is 0 Å². The van der Waals surface area contributed by atoms with Crippen molar-refractivity contribution in [1.82, 2.24) is 4.90 Å². The molecule has 24 heavy (non-hydrogen) atoms. The minimum atomic E-state index is -4.70. The summed E-state index contributed by atoms with van der Waals surface area (Å²) in [6.07, 6.45) is -4.70. The second-order valence-electron chi connectivity index (χ2n) is 5.49. The summed E-state index contributed by atoms with van der Waals surface area (Å²) in [5.74, 6) is -5.66. The van der Waals surface area contributed by atoms with E-state index in [4.69, 9.17) is 26.2 Å². The average molecular weight is 366 g/mol. The predicted molar refractivity (Wildman–Crippen MR) is 74.1 cm³/mol. The minimum Gasteiger partial charge on any atom is -0.481 e. The number of rotatable bonds is 2. The molecule has 1 fully saturated rings. The van der Waals surface area contributed by atoms with Gasteiger partial charge in [0, 0.05) is 18.7 Å². The first-order chi connectivity index (χ1) is 11.2. The number of fused-ring (bicyclic) bond motifs is 1. The van der Waals surface area contributed by atoms with Crippen molar-refractivity contribution in [2.24, 2.45) is 11.8 Å². The highest BCUT2D eigenvalue weighted by molar-refractivity contribution is 6.32. The molecule has 3 rings (SSSR count). The zero-order valence-electron chi connectivity index (χ0n) is 12.0. The third-order valence-electron chi connectivity index (χ3n) is 4.02. The summed E-state index contributed by atoms with van der Waals surface area (Å²) in [7, 11) is 0. The van der Waals surface area contributed by atoms with Crippen molar-refractivity contribution in [3.05, 3.63) is 22.7 Å². The van der Waals surface area contributed by atoms with Gasteiger partial charge in [0.2, 0.25) is 6.79 Å². The summed E-state index contributed by atoms with van der Waals surface area (Å²) < 4.78 is 49.2. The number of benzene rings is 1. The molecule has 0 saturated carbocycles. The van der Waals surface area contributed by atoms with E-state index in [1.807, 2.05) is 0 Å². The molecule has 2 atom stereocenters. The molecule has 0 aliphatic carbocycles. The number of alkyl halides is 3. The van der Waals surface area contributed by atoms with Gasteiger partial charge in [-0.1, -0.05) is 11.6 Å². The number of carbonyl (C=O) groups is 2. The van der Waals surface area contributed by atoms with Crippen molar-refractivity contribution in [3.63, 3.8) is 0 Å². The first kappa shape index (κ1) is 16.7. The normalized spacial score (nSPS) is 22.8. The molecule has 1 amide bonds. The van der Waals surface area contributed by atoms with Crippen LogP contribution in [0.1, 0.15) is 10.4 Å². The van der Waals surface area contributed by atoms with Crippen molar-refractivity contribution in [2.45, 2.75) is 6.18 Å². The highest BCUT2D eigenvalue weighted by Crippen LogP contribution is 2.41. The van der Waals surface area contributed by atoms with E-state index in [2.05, 4.69) is 0 Å². The third kappa shape index (κ3) is 2.83. The Morgan fingerprint density at radius 2 is 1.96 bits per heavy atom. The van der Waals surface area contributed by atoms with Crippen LogP contribution in [0.25, 0.3) is 0 Å². The van der Waals surface area contributed by atoms with Crippen molar-refractivity contribution in [2.75, 3.05) is 19.9 Å². The third-order valence-corrected chi connectivity index (χ3v) is 4.30. The van der Waals surface area contributed by atoms with E-state index in [1.165, 1.54) is 12.1 Å². The van der Waals surface area contributed by atoms with E-state index < -0.39 is 43.0 Å². The molecule has 6 nitrogen and oxygen atoms in total. The predicted octanol–water partition coefficient (Wildman–Crippen LogP) is 2.40. The van der Waals surface area contributed by atoms with Gasteiger partial charge in [-0.3, -0.25) is 9.59 Å². The molecule has 2 aliphatic heterocycles. The van der Waals surface area contributed by atoms with Crippen molar-refractivity contribution in [1.29, 1.82) is 0 Å². The molecule has 0 spiro atoms. The number of likely N-dealkylation sites (tertiary alicyclic amines) is 1. The lowest BCUT2D eigenvalue weighted by atomic mass is 9.96. The van der Waals surface area contributed by atoms with Crippen LogP contribution in [0.2, 0.25) is 5.02 Å². The molecule has 1 aromatic rings. The summed E-state index contributed by atoms with van der Waals surface area (Å²) >= 11 is 5.96. The molecule has 0 unspecified atom stereocenters. The van der Waals surface area contributed by atoms with E-state index in [0.717, 1.165) is 4.90 Å². The van der Waals surface area contributed by atoms with Gasteiger partial charge in [-0.25, -0.2) is 0 Å². The number of ether oxygens (including phenoxy) is 2. The van der Waals surface area contributed by atoms with Crippen LogP contribution in [0.5, 0.6) is 11.5 Å². The zero-order chi connectivity index (χ0) is 17.6. The largest absolute Gasteiger partial charge is 0.481 e. The number of nitrogens with zero attached hydrogens (tertiary/aromatic N) is 1. The number of halogens is 4. The molecule has 10 heteroatoms. The Balaban J connectivity index is 1.86. The van der Waals surface area contributed by atoms with Crippen LogP contribution in [-0.4, -0.2) is 47.9 Å². The smallest absolute Gasteiger partial charge is 0.394 e. The molecule has 1 saturated heterocycles. The molecule has 1 N–H and O–H groups in total. The van der Waals surface area contributed by atoms with Gasteiger partial charge < -0.3 is 19.5 Å². The number of hydrogen-bond donors (Lipinski definition) is 1. The number of carbonyl (C=O) groups excluding carboxylic acids is 1. The Kier molecular flexibility index (Phi) is 3.98. The van der Waals surface area contributed by atoms with Crippen LogP contribution in [0.4, 0.5) is 13.2 Å². The quantitative estimate of drug-likeness (QED) is 0.871. The fourth-order valence-electron chi connectivity index (χ4n) is 2.82. The lowest BCUT2D eigenvalue weighted by Gasteiger charge is -2.18. The Morgan fingerprint density at radius 1 is 1.25 bits per heavy atom. The van der Waals surface area contributed by atoms with Crippen molar-refractivity contribution < 1.29 is 37.3 Å². The highest BCUT2D eigenvalue weighted by atomic mass is 35.5. The second-order valence-corrected chi connectivity index (χ2v) is 5.90. The first-order valence-corrected chi connectivity index (χ1v) is 7.24. The Bertz CT molecular complexity index is 708. The molecular formula is C14H11ClF3NO5. The fourth-order valence-corrected chi connectivity index (χ4v) is 3.09. The second kappa shape index (κ2) is 5.73. The summed E-state index contributed by atoms with van der Waals surface area (Å²) in [4.78, 5) is 24.4. The van der Waals surface area contributed by atoms with Crippen molar-refractivity contribution in [3.8, 4) is 11.5 Å². The van der Waals surface area contributed by atoms with Crippen LogP contribution in [0, 0.1) is 11.8 Å². The molecule has 0 bridgehead atoms. The SMILES string of the molecule is O=C(O)[C@@H]1CN(C(=O)c2cc(Cl)c3c(c2)OCO3)C[C@H]1C(F)(F)F. The number of hydrogen-bond acceptors (Lipinski definition) is 4. The zero-order valence-corrected chi connectivity index (χ0v) is 12.7. The molecular weight excluding hydrogens is 355 g/mol. The van der Waals surface area contributed by atoms with Gasteiger partial charge in [0.05, 0.1) is 16.9 Å². The van der Waals surface area contributed by atoms with E-state index in [1.54, 1.807) is 0 Å². The summed E-state index contributed by atoms with van der Waals surface area (Å²) in [6, 6.07) is 2.57. The highest BCUT2D eigenvalue weighted by Gasteiger charge is 2.53. The molecule has 2 aliphatic rings. The van der Waals surface area contributed by atoms with Crippen LogP contribution in [0.3, 0.4) is 0 Å². The van der Waals surface area contributed by atoms with Crippen LogP contribution >= 0.6 is 11.6 Å². The van der Waals surface area contributed by atoms with Crippen molar-refractivity contribution >= 4 is 23.5 Å². The van der Waals surface area contributed by atoms with Crippen LogP contribution < -0.4 is 9.47 Å². The maximum absolute atomic E-state index is 13.0. The molecule has 0 radical (unpaired) electrons. The number of amides is 1. The minimum absolute atomic E-state index is 0.0104. The Hall–Kier alpha value is -2.16. The van der Waals surface area contributed by atoms with Gasteiger partial charge in [-0.2, -0.15) is 13.2 Å². The molecule has 130 valence electrons. The standard InChI is InChI=1S/C14H11ClF3NO5/c15-9-1-6(2-10-11(9)24-5-23-10)12(20)19-3-7(13(21)22)8(4-19)14(16,17)18/h1-2,7-8H,3-5H2,(H,21,22)/t7-,8-/m1/s1. The van der Waals surface area contributed by atoms with Gasteiger partial charge in [-0.05, 0) is 12.1 Å². The maximum Gasteiger partial charge on any atom is 0.394 e. The van der Waals surface area contributed by atoms with Gasteiger partial charge in [0.25, 0.3) is 5.91 Å². The summed E-state index contributed by atoms with van der Waals surface area (Å²) in [6.45, 7) is -1.32. The number of aliphatic carboxylic acids is 1. The van der Waals surface area contributed by atoms with Crippen LogP contribution in [-0.2, 0) is 4.79 Å². The maximum atomic E-state index is 13.0. The van der Waals surface area contributed by atoms with E-state index in [9.17, 15) is 22.8 Å². The van der Waals surface area contributed by atoms with E-state index >= 15 is 0 Å². The van der Waals surface area contributed by atoms with E-state index in [0.29, 0.717) is 0 Å². The Labute approximate surface area is 138 Å². The topological polar surface area (TPSA) is 76.1 Å². The first-order valence-electron chi connectivity index (χ1n) is 6.86. The Morgan fingerprint density at radius 3 is 2.54 bits per heavy atom. The van der Waals surface area contributed by atoms with Gasteiger partial charge in [-0.15, -0.1) is 0 Å². The molecule has 2 heterocycles. The van der Waals surface area contributed by atoms with E-state index in [-0.39, 0.29) is 28.9 Å². The average Bonchev–Trinajstić information content (AvgIpc) is 3.12. The lowest BCUT2D eigenvalue weighted by Crippen LogP contribution is -2.34.